The van der Waals surface area contributed by atoms with Crippen LogP contribution in [0, 0.1) is 5.41 Å². The summed E-state index contributed by atoms with van der Waals surface area (Å²) in [5, 5.41) is 17.5. The first kappa shape index (κ1) is 11.1. The van der Waals surface area contributed by atoms with Gasteiger partial charge in [0.05, 0.1) is 0 Å². The summed E-state index contributed by atoms with van der Waals surface area (Å²) in [6.07, 6.45) is -0.811. The quantitative estimate of drug-likeness (QED) is 0.422. The number of aliphatic hydroxyl groups excluding tert-OH is 1. The Morgan fingerprint density at radius 3 is 2.33 bits per heavy atom. The van der Waals surface area contributed by atoms with Gasteiger partial charge in [-0.15, -0.1) is 0 Å². The van der Waals surface area contributed by atoms with Crippen LogP contribution < -0.4 is 5.73 Å². The lowest BCUT2D eigenvalue weighted by Crippen LogP contribution is -2.30. The van der Waals surface area contributed by atoms with E-state index in [0.29, 0.717) is 0 Å². The average Bonchev–Trinajstić information content (AvgIpc) is 1.82. The Bertz CT molecular complexity index is 196. The van der Waals surface area contributed by atoms with Crippen molar-refractivity contribution >= 4 is 5.97 Å². The van der Waals surface area contributed by atoms with Crippen LogP contribution in [-0.4, -0.2) is 22.4 Å². The van der Waals surface area contributed by atoms with Gasteiger partial charge in [-0.25, -0.2) is 4.79 Å². The number of carboxylic acids is 1. The number of hydrogen-bond donors (Lipinski definition) is 3. The highest BCUT2D eigenvalue weighted by molar-refractivity contribution is 5.87. The van der Waals surface area contributed by atoms with Crippen molar-refractivity contribution in [1.29, 1.82) is 0 Å². The van der Waals surface area contributed by atoms with Crippen LogP contribution in [0.1, 0.15) is 20.3 Å². The van der Waals surface area contributed by atoms with Crippen molar-refractivity contribution in [3.63, 3.8) is 0 Å². The second kappa shape index (κ2) is 3.69. The highest BCUT2D eigenvalue weighted by atomic mass is 16.4. The van der Waals surface area contributed by atoms with Gasteiger partial charge < -0.3 is 15.9 Å². The first-order valence-corrected chi connectivity index (χ1v) is 3.63. The molecule has 0 bridgehead atoms. The molecule has 70 valence electrons. The summed E-state index contributed by atoms with van der Waals surface area (Å²) in [5.41, 5.74) is 4.53. The molecule has 0 radical (unpaired) electrons. The molecule has 0 aliphatic rings. The Morgan fingerprint density at radius 2 is 2.08 bits per heavy atom. The van der Waals surface area contributed by atoms with Crippen molar-refractivity contribution in [2.45, 2.75) is 26.5 Å². The van der Waals surface area contributed by atoms with E-state index >= 15 is 0 Å². The first-order valence-electron chi connectivity index (χ1n) is 3.63. The van der Waals surface area contributed by atoms with Gasteiger partial charge in [-0.1, -0.05) is 20.4 Å². The van der Waals surface area contributed by atoms with Crippen molar-refractivity contribution < 1.29 is 15.0 Å². The molecule has 0 spiro atoms. The van der Waals surface area contributed by atoms with E-state index in [2.05, 4.69) is 6.58 Å². The molecular formula is C8H15NO3. The van der Waals surface area contributed by atoms with Gasteiger partial charge in [0, 0.05) is 5.57 Å². The van der Waals surface area contributed by atoms with Crippen molar-refractivity contribution in [3.8, 4) is 0 Å². The minimum absolute atomic E-state index is 0.0620. The molecule has 0 amide bonds. The average molecular weight is 173 g/mol. The third-order valence-electron chi connectivity index (χ3n) is 1.79. The first-order chi connectivity index (χ1) is 5.27. The van der Waals surface area contributed by atoms with Gasteiger partial charge in [-0.3, -0.25) is 0 Å². The topological polar surface area (TPSA) is 83.5 Å². The molecule has 0 aromatic carbocycles. The lowest BCUT2D eigenvalue weighted by Gasteiger charge is -2.25. The van der Waals surface area contributed by atoms with Crippen LogP contribution in [0.4, 0.5) is 0 Å². The standard InChI is InChI=1S/C8H15NO3/c1-5(7(11)12)8(2,3)4-6(9)10/h6,10H,1,4,9H2,2-3H3,(H,11,12). The highest BCUT2D eigenvalue weighted by Gasteiger charge is 2.28. The molecule has 0 aliphatic carbocycles. The molecule has 4 N–H and O–H groups in total. The predicted molar refractivity (Wildman–Crippen MR) is 45.4 cm³/mol. The Kier molecular flexibility index (Phi) is 3.42. The normalized spacial score (nSPS) is 14.0. The maximum atomic E-state index is 10.5. The highest BCUT2D eigenvalue weighted by Crippen LogP contribution is 2.29. The number of hydrogen-bond acceptors (Lipinski definition) is 3. The molecule has 1 atom stereocenters. The summed E-state index contributed by atoms with van der Waals surface area (Å²) in [4.78, 5) is 10.5. The van der Waals surface area contributed by atoms with Gasteiger partial charge in [0.25, 0.3) is 0 Å². The molecule has 0 fully saturated rings. The van der Waals surface area contributed by atoms with E-state index in [1.807, 2.05) is 0 Å². The predicted octanol–water partition coefficient (Wildman–Crippen LogP) is 0.321. The maximum absolute atomic E-state index is 10.5. The molecular weight excluding hydrogens is 158 g/mol. The zero-order valence-corrected chi connectivity index (χ0v) is 7.37. The number of rotatable bonds is 4. The minimum Gasteiger partial charge on any atom is -0.478 e. The Balaban J connectivity index is 4.39. The molecule has 4 heteroatoms. The zero-order chi connectivity index (χ0) is 9.94. The molecule has 0 heterocycles. The van der Waals surface area contributed by atoms with E-state index in [4.69, 9.17) is 15.9 Å². The summed E-state index contributed by atoms with van der Waals surface area (Å²) in [6, 6.07) is 0. The molecule has 0 rings (SSSR count). The molecule has 12 heavy (non-hydrogen) atoms. The van der Waals surface area contributed by atoms with Gasteiger partial charge in [0.2, 0.25) is 0 Å². The van der Waals surface area contributed by atoms with E-state index in [0.717, 1.165) is 0 Å². The third-order valence-corrected chi connectivity index (χ3v) is 1.79. The molecule has 0 saturated carbocycles. The van der Waals surface area contributed by atoms with Gasteiger partial charge in [0.15, 0.2) is 0 Å². The molecule has 0 saturated heterocycles. The van der Waals surface area contributed by atoms with E-state index in [9.17, 15) is 4.79 Å². The number of carbonyl (C=O) groups is 1. The van der Waals surface area contributed by atoms with Crippen LogP contribution in [0.2, 0.25) is 0 Å². The molecule has 4 nitrogen and oxygen atoms in total. The Labute approximate surface area is 71.7 Å². The monoisotopic (exact) mass is 173 g/mol. The summed E-state index contributed by atoms with van der Waals surface area (Å²) in [7, 11) is 0. The fourth-order valence-electron chi connectivity index (χ4n) is 0.936. The van der Waals surface area contributed by atoms with Gasteiger partial charge in [0.1, 0.15) is 6.23 Å². The number of nitrogens with two attached hydrogens (primary N) is 1. The lowest BCUT2D eigenvalue weighted by atomic mass is 9.81. The van der Waals surface area contributed by atoms with E-state index in [1.165, 1.54) is 0 Å². The summed E-state index contributed by atoms with van der Waals surface area (Å²) in [5.74, 6) is -1.05. The van der Waals surface area contributed by atoms with Gasteiger partial charge in [-0.2, -0.15) is 0 Å². The van der Waals surface area contributed by atoms with Crippen LogP contribution in [0.5, 0.6) is 0 Å². The zero-order valence-electron chi connectivity index (χ0n) is 7.37. The molecule has 0 aliphatic heterocycles. The van der Waals surface area contributed by atoms with Crippen molar-refractivity contribution in [2.75, 3.05) is 0 Å². The molecule has 0 aromatic heterocycles. The van der Waals surface area contributed by atoms with E-state index < -0.39 is 17.6 Å². The van der Waals surface area contributed by atoms with Crippen LogP contribution in [0.25, 0.3) is 0 Å². The minimum atomic E-state index is -1.05. The fraction of sp³-hybridized carbons (Fsp3) is 0.625. The van der Waals surface area contributed by atoms with Crippen LogP contribution in [0.3, 0.4) is 0 Å². The number of aliphatic carboxylic acids is 1. The summed E-state index contributed by atoms with van der Waals surface area (Å²) < 4.78 is 0. The van der Waals surface area contributed by atoms with E-state index in [1.54, 1.807) is 13.8 Å². The number of carboxylic acid groups (broad SMARTS) is 1. The van der Waals surface area contributed by atoms with Crippen LogP contribution in [0.15, 0.2) is 12.2 Å². The molecule has 1 unspecified atom stereocenters. The van der Waals surface area contributed by atoms with Crippen LogP contribution >= 0.6 is 0 Å². The fourth-order valence-corrected chi connectivity index (χ4v) is 0.936. The van der Waals surface area contributed by atoms with Crippen molar-refractivity contribution in [2.24, 2.45) is 11.1 Å². The van der Waals surface area contributed by atoms with Crippen molar-refractivity contribution in [3.05, 3.63) is 12.2 Å². The largest absolute Gasteiger partial charge is 0.478 e. The third kappa shape index (κ3) is 3.02. The SMILES string of the molecule is C=C(C(=O)O)C(C)(C)CC(N)O. The van der Waals surface area contributed by atoms with Crippen LogP contribution in [-0.2, 0) is 4.79 Å². The van der Waals surface area contributed by atoms with E-state index in [-0.39, 0.29) is 12.0 Å². The van der Waals surface area contributed by atoms with Crippen molar-refractivity contribution in [1.82, 2.24) is 0 Å². The van der Waals surface area contributed by atoms with Gasteiger partial charge >= 0.3 is 5.97 Å². The summed E-state index contributed by atoms with van der Waals surface area (Å²) in [6.45, 7) is 6.77. The maximum Gasteiger partial charge on any atom is 0.331 e. The van der Waals surface area contributed by atoms with Gasteiger partial charge in [-0.05, 0) is 11.8 Å². The second-order valence-electron chi connectivity index (χ2n) is 3.44. The Morgan fingerprint density at radius 1 is 1.67 bits per heavy atom. The smallest absolute Gasteiger partial charge is 0.331 e. The Hall–Kier alpha value is -0.870. The molecule has 0 aromatic rings. The number of aliphatic hydroxyl groups is 1. The summed E-state index contributed by atoms with van der Waals surface area (Å²) >= 11 is 0. The lowest BCUT2D eigenvalue weighted by molar-refractivity contribution is -0.133. The second-order valence-corrected chi connectivity index (χ2v) is 3.44.